The molecular weight excluding hydrogens is 560 g/mol. The highest BCUT2D eigenvalue weighted by Gasteiger charge is 2.50. The van der Waals surface area contributed by atoms with Gasteiger partial charge in [-0.3, -0.25) is 0 Å². The molecule has 0 spiro atoms. The lowest BCUT2D eigenvalue weighted by molar-refractivity contribution is -0.192. The van der Waals surface area contributed by atoms with Gasteiger partial charge in [-0.2, -0.15) is 0 Å². The molecule has 1 saturated carbocycles. The number of ether oxygens (including phenoxy) is 2. The number of allylic oxidation sites excluding steroid dienone is 8. The van der Waals surface area contributed by atoms with E-state index in [1.165, 1.54) is 161 Å². The quantitative estimate of drug-likeness (QED) is 0.0555. The Labute approximate surface area is 288 Å². The van der Waals surface area contributed by atoms with Crippen LogP contribution in [-0.4, -0.2) is 18.0 Å². The zero-order valence-electron chi connectivity index (χ0n) is 31.2. The van der Waals surface area contributed by atoms with Gasteiger partial charge in [0, 0.05) is 12.8 Å². The number of unbranched alkanes of at least 4 members (excludes halogenated alkanes) is 19. The first-order valence-electron chi connectivity index (χ1n) is 20.6. The first-order valence-corrected chi connectivity index (χ1v) is 20.6. The molecule has 1 heterocycles. The first kappa shape index (κ1) is 41.1. The van der Waals surface area contributed by atoms with Gasteiger partial charge in [0.25, 0.3) is 0 Å². The molecular formula is C44H78O2. The van der Waals surface area contributed by atoms with E-state index in [9.17, 15) is 0 Å². The fraction of sp³-hybridized carbons (Fsp3) is 0.818. The predicted octanol–water partition coefficient (Wildman–Crippen LogP) is 14.7. The van der Waals surface area contributed by atoms with Gasteiger partial charge in [0.15, 0.2) is 5.79 Å². The Kier molecular flexibility index (Phi) is 25.7. The molecule has 2 aliphatic rings. The molecule has 0 radical (unpaired) electrons. The van der Waals surface area contributed by atoms with Gasteiger partial charge < -0.3 is 9.47 Å². The highest BCUT2D eigenvalue weighted by atomic mass is 16.8. The van der Waals surface area contributed by atoms with Gasteiger partial charge >= 0.3 is 0 Å². The van der Waals surface area contributed by atoms with Gasteiger partial charge in [-0.15, -0.1) is 0 Å². The van der Waals surface area contributed by atoms with E-state index in [0.717, 1.165) is 31.6 Å². The molecule has 4 atom stereocenters. The van der Waals surface area contributed by atoms with Crippen LogP contribution in [0.5, 0.6) is 0 Å². The van der Waals surface area contributed by atoms with E-state index in [1.54, 1.807) is 0 Å². The van der Waals surface area contributed by atoms with Gasteiger partial charge in [-0.25, -0.2) is 0 Å². The molecule has 2 rings (SSSR count). The van der Waals surface area contributed by atoms with E-state index in [4.69, 9.17) is 9.47 Å². The van der Waals surface area contributed by atoms with E-state index in [2.05, 4.69) is 69.4 Å². The minimum atomic E-state index is -0.276. The molecule has 1 unspecified atom stereocenters. The summed E-state index contributed by atoms with van der Waals surface area (Å²) in [6.07, 6.45) is 56.9. The Morgan fingerprint density at radius 2 is 0.761 bits per heavy atom. The second-order valence-corrected chi connectivity index (χ2v) is 14.8. The predicted molar refractivity (Wildman–Crippen MR) is 203 cm³/mol. The van der Waals surface area contributed by atoms with Crippen LogP contribution in [0.15, 0.2) is 48.6 Å². The third kappa shape index (κ3) is 21.0. The standard InChI is InChI=1S/C44H78O2/c1-4-6-8-10-12-14-16-18-20-22-24-26-28-30-32-34-36-38-44(45-42-39-41(3)40-43(42)46-44)37-35-33-31-29-27-25-23-21-19-17-15-13-11-9-7-5-2/h12-15,18-21,41-43H,4-11,16-17,22-40H2,1-3H3/b14-12-,15-13-,20-18-,21-19-/t41-,42-,43+,44?. The second kappa shape index (κ2) is 28.9. The maximum absolute atomic E-state index is 6.75. The summed E-state index contributed by atoms with van der Waals surface area (Å²) in [7, 11) is 0. The SMILES string of the molecule is CCCCC/C=C\C/C=C\CCCCCCCCCC1(CCCCCCCC/C=C\C/C=C\CCCCC)O[C@H]2C[C@H](C)C[C@H]2O1. The molecule has 46 heavy (non-hydrogen) atoms. The Balaban J connectivity index is 1.48. The van der Waals surface area contributed by atoms with Crippen LogP contribution in [0, 0.1) is 5.92 Å². The van der Waals surface area contributed by atoms with Crippen molar-refractivity contribution in [3.05, 3.63) is 48.6 Å². The van der Waals surface area contributed by atoms with Crippen molar-refractivity contribution < 1.29 is 9.47 Å². The van der Waals surface area contributed by atoms with Crippen molar-refractivity contribution in [1.29, 1.82) is 0 Å². The number of hydrogen-bond donors (Lipinski definition) is 0. The average molecular weight is 639 g/mol. The number of hydrogen-bond acceptors (Lipinski definition) is 2. The molecule has 1 saturated heterocycles. The molecule has 1 aliphatic heterocycles. The Hall–Kier alpha value is -1.12. The van der Waals surface area contributed by atoms with E-state index >= 15 is 0 Å². The van der Waals surface area contributed by atoms with E-state index < -0.39 is 0 Å². The first-order chi connectivity index (χ1) is 22.7. The van der Waals surface area contributed by atoms with Crippen LogP contribution in [0.3, 0.4) is 0 Å². The highest BCUT2D eigenvalue weighted by Crippen LogP contribution is 2.45. The molecule has 0 N–H and O–H groups in total. The van der Waals surface area contributed by atoms with Gasteiger partial charge in [-0.05, 0) is 95.8 Å². The zero-order chi connectivity index (χ0) is 32.8. The molecule has 1 aliphatic carbocycles. The monoisotopic (exact) mass is 639 g/mol. The summed E-state index contributed by atoms with van der Waals surface area (Å²) in [6, 6.07) is 0. The smallest absolute Gasteiger partial charge is 0.169 e. The van der Waals surface area contributed by atoms with Crippen molar-refractivity contribution in [3.8, 4) is 0 Å². The molecule has 0 aromatic rings. The molecule has 2 heteroatoms. The van der Waals surface area contributed by atoms with Crippen LogP contribution in [0.4, 0.5) is 0 Å². The van der Waals surface area contributed by atoms with E-state index in [-0.39, 0.29) is 5.79 Å². The summed E-state index contributed by atoms with van der Waals surface area (Å²) >= 11 is 0. The Morgan fingerprint density at radius 3 is 1.13 bits per heavy atom. The number of rotatable bonds is 31. The molecule has 0 amide bonds. The minimum Gasteiger partial charge on any atom is -0.344 e. The van der Waals surface area contributed by atoms with Gasteiger partial charge in [0.05, 0.1) is 12.2 Å². The largest absolute Gasteiger partial charge is 0.344 e. The lowest BCUT2D eigenvalue weighted by Gasteiger charge is -2.30. The lowest BCUT2D eigenvalue weighted by atomic mass is 9.98. The summed E-state index contributed by atoms with van der Waals surface area (Å²) < 4.78 is 13.5. The maximum Gasteiger partial charge on any atom is 0.169 e. The van der Waals surface area contributed by atoms with Crippen molar-refractivity contribution in [3.63, 3.8) is 0 Å². The van der Waals surface area contributed by atoms with Crippen LogP contribution >= 0.6 is 0 Å². The summed E-state index contributed by atoms with van der Waals surface area (Å²) in [5, 5.41) is 0. The van der Waals surface area contributed by atoms with Crippen molar-refractivity contribution in [2.75, 3.05) is 0 Å². The second-order valence-electron chi connectivity index (χ2n) is 14.8. The van der Waals surface area contributed by atoms with Gasteiger partial charge in [-0.1, -0.05) is 153 Å². The third-order valence-electron chi connectivity index (χ3n) is 10.2. The van der Waals surface area contributed by atoms with E-state index in [1.807, 2.05) is 0 Å². The summed E-state index contributed by atoms with van der Waals surface area (Å²) in [5.41, 5.74) is 0. The van der Waals surface area contributed by atoms with Crippen LogP contribution in [-0.2, 0) is 9.47 Å². The Bertz CT molecular complexity index is 778. The van der Waals surface area contributed by atoms with Crippen LogP contribution < -0.4 is 0 Å². The molecule has 2 fully saturated rings. The summed E-state index contributed by atoms with van der Waals surface area (Å²) in [6.45, 7) is 6.90. The molecule has 2 nitrogen and oxygen atoms in total. The number of fused-ring (bicyclic) bond motifs is 1. The summed E-state index contributed by atoms with van der Waals surface area (Å²) in [5.74, 6) is 0.476. The third-order valence-corrected chi connectivity index (χ3v) is 10.2. The van der Waals surface area contributed by atoms with Crippen molar-refractivity contribution in [1.82, 2.24) is 0 Å². The molecule has 0 aromatic heterocycles. The van der Waals surface area contributed by atoms with Gasteiger partial charge in [0.2, 0.25) is 0 Å². The normalized spacial score (nSPS) is 23.3. The van der Waals surface area contributed by atoms with Crippen LogP contribution in [0.1, 0.15) is 207 Å². The maximum atomic E-state index is 6.75. The summed E-state index contributed by atoms with van der Waals surface area (Å²) in [4.78, 5) is 0. The van der Waals surface area contributed by atoms with Crippen LogP contribution in [0.2, 0.25) is 0 Å². The average Bonchev–Trinajstić information content (AvgIpc) is 3.56. The zero-order valence-corrected chi connectivity index (χ0v) is 31.2. The molecule has 0 bridgehead atoms. The van der Waals surface area contributed by atoms with Crippen molar-refractivity contribution in [2.45, 2.75) is 225 Å². The van der Waals surface area contributed by atoms with Gasteiger partial charge in [0.1, 0.15) is 0 Å². The topological polar surface area (TPSA) is 18.5 Å². The van der Waals surface area contributed by atoms with E-state index in [0.29, 0.717) is 12.2 Å². The van der Waals surface area contributed by atoms with Crippen molar-refractivity contribution in [2.24, 2.45) is 5.92 Å². The highest BCUT2D eigenvalue weighted by molar-refractivity contribution is 4.94. The minimum absolute atomic E-state index is 0.276. The fourth-order valence-corrected chi connectivity index (χ4v) is 7.32. The molecule has 266 valence electrons. The van der Waals surface area contributed by atoms with Crippen LogP contribution in [0.25, 0.3) is 0 Å². The van der Waals surface area contributed by atoms with Crippen molar-refractivity contribution >= 4 is 0 Å². The lowest BCUT2D eigenvalue weighted by Crippen LogP contribution is -2.32. The Morgan fingerprint density at radius 1 is 0.435 bits per heavy atom. The fourth-order valence-electron chi connectivity index (χ4n) is 7.32. The molecule has 0 aromatic carbocycles.